The van der Waals surface area contributed by atoms with E-state index in [0.717, 1.165) is 25.1 Å². The largest absolute Gasteiger partial charge is 0.391 e. The van der Waals surface area contributed by atoms with Crippen molar-refractivity contribution in [2.45, 2.75) is 0 Å². The van der Waals surface area contributed by atoms with Crippen LogP contribution in [0.3, 0.4) is 0 Å². The van der Waals surface area contributed by atoms with Gasteiger partial charge in [0, 0.05) is 0 Å². The van der Waals surface area contributed by atoms with Crippen molar-refractivity contribution in [2.75, 3.05) is 5.73 Å². The summed E-state index contributed by atoms with van der Waals surface area (Å²) in [5.41, 5.74) is 6.50. The third kappa shape index (κ3) is 1.58. The van der Waals surface area contributed by atoms with Gasteiger partial charge in [-0.15, -0.1) is 22.7 Å². The Morgan fingerprint density at radius 3 is 2.75 bits per heavy atom. The topological polar surface area (TPSA) is 38.9 Å². The van der Waals surface area contributed by atoms with E-state index in [9.17, 15) is 4.39 Å². The molecule has 0 radical (unpaired) electrons. The third-order valence-electron chi connectivity index (χ3n) is 2.19. The highest BCUT2D eigenvalue weighted by atomic mass is 32.1. The van der Waals surface area contributed by atoms with Crippen LogP contribution in [0, 0.1) is 5.82 Å². The maximum Gasteiger partial charge on any atom is 0.134 e. The fourth-order valence-electron chi connectivity index (χ4n) is 1.47. The Balaban J connectivity index is 2.18. The molecule has 16 heavy (non-hydrogen) atoms. The van der Waals surface area contributed by atoms with E-state index in [-0.39, 0.29) is 5.82 Å². The van der Waals surface area contributed by atoms with Crippen LogP contribution in [0.1, 0.15) is 0 Å². The molecule has 1 aromatic carbocycles. The summed E-state index contributed by atoms with van der Waals surface area (Å²) in [6, 6.07) is 8.42. The minimum Gasteiger partial charge on any atom is -0.391 e. The number of thiophene rings is 1. The van der Waals surface area contributed by atoms with Gasteiger partial charge in [0.25, 0.3) is 0 Å². The number of fused-ring (bicyclic) bond motifs is 1. The summed E-state index contributed by atoms with van der Waals surface area (Å²) in [5, 5.41) is 1.66. The molecule has 0 aliphatic heterocycles. The van der Waals surface area contributed by atoms with Crippen LogP contribution in [0.4, 0.5) is 9.39 Å². The number of nitrogens with two attached hydrogens (primary N) is 1. The van der Waals surface area contributed by atoms with Crippen LogP contribution in [0.15, 0.2) is 30.3 Å². The Labute approximate surface area is 99.2 Å². The van der Waals surface area contributed by atoms with Gasteiger partial charge in [0.15, 0.2) is 0 Å². The number of nitrogen functional groups attached to an aromatic ring is 1. The van der Waals surface area contributed by atoms with Crippen LogP contribution in [0.25, 0.3) is 20.1 Å². The number of thiazole rings is 1. The van der Waals surface area contributed by atoms with Crippen LogP contribution in [-0.2, 0) is 0 Å². The average molecular weight is 250 g/mol. The van der Waals surface area contributed by atoms with Crippen molar-refractivity contribution >= 4 is 37.9 Å². The number of anilines is 1. The number of benzene rings is 1. The molecule has 3 aromatic rings. The van der Waals surface area contributed by atoms with Gasteiger partial charge in [-0.2, -0.15) is 0 Å². The molecule has 0 aliphatic rings. The molecule has 5 heteroatoms. The van der Waals surface area contributed by atoms with Crippen LogP contribution in [0.5, 0.6) is 0 Å². The lowest BCUT2D eigenvalue weighted by Crippen LogP contribution is -1.73. The lowest BCUT2D eigenvalue weighted by atomic mass is 10.3. The first-order valence-electron chi connectivity index (χ1n) is 4.64. The molecule has 0 bridgehead atoms. The molecular formula is C11H7FN2S2. The van der Waals surface area contributed by atoms with E-state index in [1.807, 2.05) is 12.1 Å². The zero-order valence-corrected chi connectivity index (χ0v) is 9.74. The minimum atomic E-state index is -0.228. The Hall–Kier alpha value is -1.46. The summed E-state index contributed by atoms with van der Waals surface area (Å²) >= 11 is 2.97. The second kappa shape index (κ2) is 3.54. The SMILES string of the molecule is Nc1ccc(-c2nc3ccc(F)cc3s2)s1. The quantitative estimate of drug-likeness (QED) is 0.714. The molecular weight excluding hydrogens is 243 g/mol. The number of rotatable bonds is 1. The average Bonchev–Trinajstić information content (AvgIpc) is 2.83. The molecule has 3 rings (SSSR count). The lowest BCUT2D eigenvalue weighted by Gasteiger charge is -1.85. The van der Waals surface area contributed by atoms with Gasteiger partial charge in [0.2, 0.25) is 0 Å². The fraction of sp³-hybridized carbons (Fsp3) is 0. The predicted molar refractivity (Wildman–Crippen MR) is 67.3 cm³/mol. The van der Waals surface area contributed by atoms with Gasteiger partial charge in [0.05, 0.1) is 20.1 Å². The number of hydrogen-bond donors (Lipinski definition) is 1. The second-order valence-corrected chi connectivity index (χ2v) is 5.48. The van der Waals surface area contributed by atoms with Crippen molar-refractivity contribution in [2.24, 2.45) is 0 Å². The number of hydrogen-bond acceptors (Lipinski definition) is 4. The summed E-state index contributed by atoms with van der Waals surface area (Å²) in [4.78, 5) is 5.47. The normalized spacial score (nSPS) is 11.1. The number of nitrogens with zero attached hydrogens (tertiary/aromatic N) is 1. The van der Waals surface area contributed by atoms with Crippen molar-refractivity contribution in [3.8, 4) is 9.88 Å². The van der Waals surface area contributed by atoms with Gasteiger partial charge in [-0.1, -0.05) is 0 Å². The highest BCUT2D eigenvalue weighted by Gasteiger charge is 2.08. The Bertz CT molecular complexity index is 657. The van der Waals surface area contributed by atoms with E-state index in [1.165, 1.54) is 34.8 Å². The minimum absolute atomic E-state index is 0.228. The zero-order valence-electron chi connectivity index (χ0n) is 8.11. The molecule has 2 heterocycles. The molecule has 0 saturated heterocycles. The van der Waals surface area contributed by atoms with Gasteiger partial charge in [-0.25, -0.2) is 9.37 Å². The third-order valence-corrected chi connectivity index (χ3v) is 4.29. The van der Waals surface area contributed by atoms with E-state index in [1.54, 1.807) is 6.07 Å². The van der Waals surface area contributed by atoms with Crippen molar-refractivity contribution in [1.29, 1.82) is 0 Å². The molecule has 0 spiro atoms. The summed E-state index contributed by atoms with van der Waals surface area (Å²) in [5.74, 6) is -0.228. The van der Waals surface area contributed by atoms with E-state index >= 15 is 0 Å². The van der Waals surface area contributed by atoms with Crippen molar-refractivity contribution in [3.63, 3.8) is 0 Å². The van der Waals surface area contributed by atoms with Crippen molar-refractivity contribution in [1.82, 2.24) is 4.98 Å². The lowest BCUT2D eigenvalue weighted by molar-refractivity contribution is 0.630. The van der Waals surface area contributed by atoms with E-state index < -0.39 is 0 Å². The molecule has 2 N–H and O–H groups in total. The molecule has 80 valence electrons. The molecule has 0 amide bonds. The van der Waals surface area contributed by atoms with Crippen LogP contribution in [0.2, 0.25) is 0 Å². The zero-order chi connectivity index (χ0) is 11.1. The molecule has 0 aliphatic carbocycles. The van der Waals surface area contributed by atoms with Crippen LogP contribution < -0.4 is 5.73 Å². The maximum absolute atomic E-state index is 13.0. The molecule has 2 nitrogen and oxygen atoms in total. The monoisotopic (exact) mass is 250 g/mol. The van der Waals surface area contributed by atoms with Crippen LogP contribution >= 0.6 is 22.7 Å². The van der Waals surface area contributed by atoms with Crippen molar-refractivity contribution in [3.05, 3.63) is 36.1 Å². The first-order valence-corrected chi connectivity index (χ1v) is 6.27. The highest BCUT2D eigenvalue weighted by Crippen LogP contribution is 2.35. The maximum atomic E-state index is 13.0. The highest BCUT2D eigenvalue weighted by molar-refractivity contribution is 7.26. The van der Waals surface area contributed by atoms with Gasteiger partial charge in [-0.3, -0.25) is 0 Å². The van der Waals surface area contributed by atoms with Gasteiger partial charge >= 0.3 is 0 Å². The first-order chi connectivity index (χ1) is 7.72. The summed E-state index contributed by atoms with van der Waals surface area (Å²) < 4.78 is 13.9. The summed E-state index contributed by atoms with van der Waals surface area (Å²) in [7, 11) is 0. The van der Waals surface area contributed by atoms with Gasteiger partial charge in [-0.05, 0) is 30.3 Å². The molecule has 0 atom stereocenters. The van der Waals surface area contributed by atoms with E-state index in [2.05, 4.69) is 4.98 Å². The Morgan fingerprint density at radius 1 is 1.12 bits per heavy atom. The first kappa shape index (κ1) is 9.74. The van der Waals surface area contributed by atoms with Crippen molar-refractivity contribution < 1.29 is 4.39 Å². The van der Waals surface area contributed by atoms with E-state index in [0.29, 0.717) is 0 Å². The van der Waals surface area contributed by atoms with E-state index in [4.69, 9.17) is 5.73 Å². The smallest absolute Gasteiger partial charge is 0.134 e. The molecule has 0 unspecified atom stereocenters. The fourth-order valence-corrected chi connectivity index (χ4v) is 3.29. The van der Waals surface area contributed by atoms with Gasteiger partial charge < -0.3 is 5.73 Å². The Kier molecular flexibility index (Phi) is 2.15. The van der Waals surface area contributed by atoms with Gasteiger partial charge in [0.1, 0.15) is 10.8 Å². The molecule has 0 saturated carbocycles. The number of aromatic nitrogens is 1. The molecule has 0 fully saturated rings. The molecule has 2 aromatic heterocycles. The number of halogens is 1. The second-order valence-electron chi connectivity index (χ2n) is 3.33. The van der Waals surface area contributed by atoms with Crippen LogP contribution in [-0.4, -0.2) is 4.98 Å². The standard InChI is InChI=1S/C11H7FN2S2/c12-6-1-2-7-9(5-6)16-11(14-7)8-3-4-10(13)15-8/h1-5H,13H2. The summed E-state index contributed by atoms with van der Waals surface area (Å²) in [6.07, 6.45) is 0. The predicted octanol–water partition coefficient (Wildman–Crippen LogP) is 3.75. The summed E-state index contributed by atoms with van der Waals surface area (Å²) in [6.45, 7) is 0. The Morgan fingerprint density at radius 2 is 2.00 bits per heavy atom.